The first-order valence-corrected chi connectivity index (χ1v) is 6.77. The third-order valence-electron chi connectivity index (χ3n) is 4.04. The van der Waals surface area contributed by atoms with Gasteiger partial charge in [-0.2, -0.15) is 0 Å². The van der Waals surface area contributed by atoms with E-state index in [0.29, 0.717) is 30.7 Å². The van der Waals surface area contributed by atoms with Gasteiger partial charge in [-0.25, -0.2) is 0 Å². The molecule has 110 valence electrons. The molecule has 0 saturated carbocycles. The molecule has 0 radical (unpaired) electrons. The van der Waals surface area contributed by atoms with E-state index < -0.39 is 0 Å². The summed E-state index contributed by atoms with van der Waals surface area (Å²) in [7, 11) is 0. The molecule has 2 unspecified atom stereocenters. The highest BCUT2D eigenvalue weighted by atomic mass is 35.5. The quantitative estimate of drug-likeness (QED) is 0.752. The molecule has 0 aliphatic carbocycles. The molecule has 0 fully saturated rings. The zero-order valence-electron chi connectivity index (χ0n) is 12.7. The summed E-state index contributed by atoms with van der Waals surface area (Å²) in [6.07, 6.45) is 1.66. The predicted octanol–water partition coefficient (Wildman–Crippen LogP) is 2.97. The van der Waals surface area contributed by atoms with Crippen LogP contribution in [0.2, 0.25) is 0 Å². The third kappa shape index (κ3) is 6.05. The van der Waals surface area contributed by atoms with Crippen LogP contribution in [0.4, 0.5) is 0 Å². The minimum atomic E-state index is -0.285. The van der Waals surface area contributed by atoms with Gasteiger partial charge in [0.2, 0.25) is 5.91 Å². The van der Waals surface area contributed by atoms with E-state index in [9.17, 15) is 4.79 Å². The van der Waals surface area contributed by atoms with Crippen molar-refractivity contribution >= 4 is 18.3 Å². The van der Waals surface area contributed by atoms with Crippen LogP contribution in [0.15, 0.2) is 0 Å². The molecule has 4 heteroatoms. The summed E-state index contributed by atoms with van der Waals surface area (Å²) >= 11 is 0. The van der Waals surface area contributed by atoms with Gasteiger partial charge in [-0.05, 0) is 24.7 Å². The van der Waals surface area contributed by atoms with E-state index >= 15 is 0 Å². The lowest BCUT2D eigenvalue weighted by molar-refractivity contribution is -0.124. The zero-order chi connectivity index (χ0) is 13.6. The highest BCUT2D eigenvalue weighted by molar-refractivity contribution is 5.85. The Morgan fingerprint density at radius 3 is 2.06 bits per heavy atom. The first-order chi connectivity index (χ1) is 7.76. The summed E-state index contributed by atoms with van der Waals surface area (Å²) in [5.41, 5.74) is 5.48. The van der Waals surface area contributed by atoms with Crippen molar-refractivity contribution in [2.45, 2.75) is 59.9 Å². The predicted molar refractivity (Wildman–Crippen MR) is 80.9 cm³/mol. The van der Waals surface area contributed by atoms with Gasteiger partial charge in [-0.1, -0.05) is 41.0 Å². The molecule has 0 bridgehead atoms. The number of rotatable bonds is 7. The monoisotopic (exact) mass is 278 g/mol. The maximum Gasteiger partial charge on any atom is 0.220 e. The van der Waals surface area contributed by atoms with Crippen molar-refractivity contribution in [2.24, 2.45) is 23.5 Å². The molecule has 3 N–H and O–H groups in total. The van der Waals surface area contributed by atoms with Gasteiger partial charge in [0.1, 0.15) is 0 Å². The van der Waals surface area contributed by atoms with Crippen LogP contribution in [0.1, 0.15) is 54.4 Å². The SMILES string of the molecule is CCC(CC(=O)NC(C)(CN)C(C)C)C(C)C.Cl. The minimum Gasteiger partial charge on any atom is -0.349 e. The molecule has 1 amide bonds. The molecule has 0 aliphatic rings. The molecule has 0 aliphatic heterocycles. The van der Waals surface area contributed by atoms with E-state index in [1.54, 1.807) is 0 Å². The van der Waals surface area contributed by atoms with Crippen LogP contribution in [-0.2, 0) is 4.79 Å². The van der Waals surface area contributed by atoms with Gasteiger partial charge in [0.05, 0.1) is 5.54 Å². The Morgan fingerprint density at radius 1 is 1.28 bits per heavy atom. The summed E-state index contributed by atoms with van der Waals surface area (Å²) in [5, 5.41) is 3.10. The fraction of sp³-hybridized carbons (Fsp3) is 0.929. The molecular formula is C14H31ClN2O. The van der Waals surface area contributed by atoms with E-state index in [-0.39, 0.29) is 23.9 Å². The van der Waals surface area contributed by atoms with E-state index in [1.807, 2.05) is 6.92 Å². The summed E-state index contributed by atoms with van der Waals surface area (Å²) in [6.45, 7) is 13.2. The summed E-state index contributed by atoms with van der Waals surface area (Å²) in [4.78, 5) is 12.0. The summed E-state index contributed by atoms with van der Waals surface area (Å²) in [6, 6.07) is 0. The Kier molecular flexibility index (Phi) is 9.75. The van der Waals surface area contributed by atoms with Crippen LogP contribution in [0, 0.1) is 17.8 Å². The number of nitrogens with one attached hydrogen (secondary N) is 1. The fourth-order valence-electron chi connectivity index (χ4n) is 1.89. The lowest BCUT2D eigenvalue weighted by Gasteiger charge is -2.34. The standard InChI is InChI=1S/C14H30N2O.ClH/c1-7-12(10(2)3)8-13(17)16-14(6,9-15)11(4)5;/h10-12H,7-9,15H2,1-6H3,(H,16,17);1H. The zero-order valence-corrected chi connectivity index (χ0v) is 13.6. The fourth-order valence-corrected chi connectivity index (χ4v) is 1.89. The Balaban J connectivity index is 0. The van der Waals surface area contributed by atoms with Crippen LogP contribution in [0.5, 0.6) is 0 Å². The maximum absolute atomic E-state index is 12.0. The third-order valence-corrected chi connectivity index (χ3v) is 4.04. The second kappa shape index (κ2) is 8.76. The number of nitrogens with two attached hydrogens (primary N) is 1. The normalized spacial score (nSPS) is 16.1. The average molecular weight is 279 g/mol. The number of hydrogen-bond donors (Lipinski definition) is 2. The van der Waals surface area contributed by atoms with Crippen molar-refractivity contribution in [3.05, 3.63) is 0 Å². The molecule has 0 aromatic heterocycles. The van der Waals surface area contributed by atoms with Crippen molar-refractivity contribution in [2.75, 3.05) is 6.54 Å². The van der Waals surface area contributed by atoms with Gasteiger partial charge >= 0.3 is 0 Å². The molecule has 0 spiro atoms. The molecule has 2 atom stereocenters. The van der Waals surface area contributed by atoms with Gasteiger partial charge in [-0.15, -0.1) is 12.4 Å². The molecule has 0 saturated heterocycles. The van der Waals surface area contributed by atoms with Crippen LogP contribution in [-0.4, -0.2) is 18.0 Å². The lowest BCUT2D eigenvalue weighted by atomic mass is 9.86. The summed E-state index contributed by atoms with van der Waals surface area (Å²) < 4.78 is 0. The Labute approximate surface area is 119 Å². The molecule has 0 rings (SSSR count). The lowest BCUT2D eigenvalue weighted by Crippen LogP contribution is -2.55. The topological polar surface area (TPSA) is 55.1 Å². The number of amides is 1. The van der Waals surface area contributed by atoms with Crippen LogP contribution in [0.3, 0.4) is 0 Å². The van der Waals surface area contributed by atoms with Gasteiger partial charge < -0.3 is 11.1 Å². The Hall–Kier alpha value is -0.280. The molecular weight excluding hydrogens is 248 g/mol. The molecule has 3 nitrogen and oxygen atoms in total. The number of carbonyl (C=O) groups excluding carboxylic acids is 1. The second-order valence-electron chi connectivity index (χ2n) is 5.94. The van der Waals surface area contributed by atoms with Gasteiger partial charge in [-0.3, -0.25) is 4.79 Å². The Bertz CT molecular complexity index is 244. The Morgan fingerprint density at radius 2 is 1.78 bits per heavy atom. The number of halogens is 1. The number of carbonyl (C=O) groups is 1. The van der Waals surface area contributed by atoms with Gasteiger partial charge in [0.25, 0.3) is 0 Å². The highest BCUT2D eigenvalue weighted by Crippen LogP contribution is 2.20. The molecule has 0 heterocycles. The van der Waals surface area contributed by atoms with Gasteiger partial charge in [0, 0.05) is 13.0 Å². The highest BCUT2D eigenvalue weighted by Gasteiger charge is 2.29. The molecule has 0 aromatic carbocycles. The second-order valence-corrected chi connectivity index (χ2v) is 5.94. The first kappa shape index (κ1) is 20.0. The van der Waals surface area contributed by atoms with Crippen molar-refractivity contribution in [3.8, 4) is 0 Å². The van der Waals surface area contributed by atoms with Crippen molar-refractivity contribution in [1.29, 1.82) is 0 Å². The average Bonchev–Trinajstić information content (AvgIpc) is 2.24. The van der Waals surface area contributed by atoms with Crippen molar-refractivity contribution < 1.29 is 4.79 Å². The van der Waals surface area contributed by atoms with E-state index in [2.05, 4.69) is 39.9 Å². The minimum absolute atomic E-state index is 0. The smallest absolute Gasteiger partial charge is 0.220 e. The van der Waals surface area contributed by atoms with E-state index in [4.69, 9.17) is 5.73 Å². The maximum atomic E-state index is 12.0. The number of hydrogen-bond acceptors (Lipinski definition) is 2. The molecule has 0 aromatic rings. The van der Waals surface area contributed by atoms with E-state index in [1.165, 1.54) is 0 Å². The van der Waals surface area contributed by atoms with Crippen molar-refractivity contribution in [3.63, 3.8) is 0 Å². The van der Waals surface area contributed by atoms with Crippen molar-refractivity contribution in [1.82, 2.24) is 5.32 Å². The first-order valence-electron chi connectivity index (χ1n) is 6.77. The van der Waals surface area contributed by atoms with Crippen LogP contribution in [0.25, 0.3) is 0 Å². The largest absolute Gasteiger partial charge is 0.349 e. The summed E-state index contributed by atoms with van der Waals surface area (Å²) in [5.74, 6) is 1.49. The van der Waals surface area contributed by atoms with Gasteiger partial charge in [0.15, 0.2) is 0 Å². The van der Waals surface area contributed by atoms with E-state index in [0.717, 1.165) is 6.42 Å². The molecule has 18 heavy (non-hydrogen) atoms. The van der Waals surface area contributed by atoms with Crippen LogP contribution >= 0.6 is 12.4 Å². The van der Waals surface area contributed by atoms with Crippen LogP contribution < -0.4 is 11.1 Å².